The molecule has 212 valence electrons. The summed E-state index contributed by atoms with van der Waals surface area (Å²) in [5.41, 5.74) is 1.04. The Hall–Kier alpha value is -4.21. The fourth-order valence-corrected chi connectivity index (χ4v) is 6.37. The van der Waals surface area contributed by atoms with E-state index in [1.54, 1.807) is 22.9 Å². The molecule has 2 aliphatic carbocycles. The lowest BCUT2D eigenvalue weighted by atomic mass is 9.50. The minimum Gasteiger partial charge on any atom is -0.481 e. The van der Waals surface area contributed by atoms with Gasteiger partial charge in [-0.3, -0.25) is 9.59 Å². The third kappa shape index (κ3) is 5.07. The van der Waals surface area contributed by atoms with Crippen LogP contribution in [-0.4, -0.2) is 27.6 Å². The van der Waals surface area contributed by atoms with Gasteiger partial charge in [-0.25, -0.2) is 8.78 Å². The number of fused-ring (bicyclic) bond motifs is 1. The number of amides is 1. The Morgan fingerprint density at radius 2 is 1.66 bits per heavy atom. The Morgan fingerprint density at radius 1 is 0.951 bits per heavy atom. The minimum atomic E-state index is -4.45. The molecule has 0 atom stereocenters. The van der Waals surface area contributed by atoms with Crippen molar-refractivity contribution in [2.24, 2.45) is 11.3 Å². The molecule has 1 aromatic heterocycles. The van der Waals surface area contributed by atoms with E-state index in [-0.39, 0.29) is 35.0 Å². The number of carbonyl (C=O) groups excluding carboxylic acids is 1. The van der Waals surface area contributed by atoms with Crippen LogP contribution < -0.4 is 5.32 Å². The summed E-state index contributed by atoms with van der Waals surface area (Å²) in [7, 11) is 0. The number of hydrogen-bond donors (Lipinski definition) is 2. The molecule has 4 aromatic rings. The predicted molar refractivity (Wildman–Crippen MR) is 141 cm³/mol. The highest BCUT2D eigenvalue weighted by Gasteiger charge is 2.55. The maximum absolute atomic E-state index is 14.7. The normalized spacial score (nSPS) is 21.9. The van der Waals surface area contributed by atoms with Crippen molar-refractivity contribution < 1.29 is 36.6 Å². The molecule has 1 amide bonds. The van der Waals surface area contributed by atoms with Gasteiger partial charge < -0.3 is 15.0 Å². The quantitative estimate of drug-likeness (QED) is 0.246. The molecule has 2 aliphatic rings. The molecule has 0 radical (unpaired) electrons. The van der Waals surface area contributed by atoms with Crippen molar-refractivity contribution in [1.29, 1.82) is 0 Å². The van der Waals surface area contributed by atoms with Gasteiger partial charge in [-0.05, 0) is 84.7 Å². The molecule has 1 spiro atoms. The maximum Gasteiger partial charge on any atom is 0.416 e. The van der Waals surface area contributed by atoms with Crippen molar-refractivity contribution in [1.82, 2.24) is 9.88 Å². The molecule has 0 unspecified atom stereocenters. The van der Waals surface area contributed by atoms with Gasteiger partial charge in [0.25, 0.3) is 5.91 Å². The van der Waals surface area contributed by atoms with E-state index in [1.165, 1.54) is 24.3 Å². The van der Waals surface area contributed by atoms with Crippen LogP contribution in [0.1, 0.15) is 47.2 Å². The van der Waals surface area contributed by atoms with Crippen LogP contribution >= 0.6 is 0 Å². The molecular weight excluding hydrogens is 543 g/mol. The van der Waals surface area contributed by atoms with Gasteiger partial charge in [0, 0.05) is 35.8 Å². The summed E-state index contributed by atoms with van der Waals surface area (Å²) in [5, 5.41) is 12.8. The van der Waals surface area contributed by atoms with E-state index in [4.69, 9.17) is 0 Å². The summed E-state index contributed by atoms with van der Waals surface area (Å²) in [4.78, 5) is 24.8. The van der Waals surface area contributed by atoms with Gasteiger partial charge in [-0.2, -0.15) is 13.2 Å². The third-order valence-corrected chi connectivity index (χ3v) is 8.38. The first-order valence-electron chi connectivity index (χ1n) is 13.2. The van der Waals surface area contributed by atoms with Crippen LogP contribution in [0.15, 0.2) is 66.9 Å². The van der Waals surface area contributed by atoms with E-state index >= 15 is 0 Å². The average Bonchev–Trinajstić information content (AvgIpc) is 3.26. The van der Waals surface area contributed by atoms with Crippen LogP contribution in [0.25, 0.3) is 22.0 Å². The number of carboxylic acids is 1. The van der Waals surface area contributed by atoms with Gasteiger partial charge in [0.05, 0.1) is 22.6 Å². The van der Waals surface area contributed by atoms with Crippen LogP contribution in [0, 0.1) is 23.0 Å². The number of halogens is 5. The Balaban J connectivity index is 1.32. The maximum atomic E-state index is 14.7. The number of benzene rings is 3. The lowest BCUT2D eigenvalue weighted by Crippen LogP contribution is -2.57. The average molecular weight is 569 g/mol. The van der Waals surface area contributed by atoms with Gasteiger partial charge >= 0.3 is 12.1 Å². The Labute approximate surface area is 231 Å². The Bertz CT molecular complexity index is 1660. The van der Waals surface area contributed by atoms with Crippen LogP contribution in [0.3, 0.4) is 0 Å². The standard InChI is InChI=1S/C31H25F5N2O3/c32-22-5-6-24(26(33)11-22)19-9-18-7-8-38(16-17-1-3-21(4-2-17)31(34,35)36)27(18)25(10-19)28(39)37-23-14-30(15-23)12-20(13-30)29(40)41/h1-11,20,23H,12-16H2,(H,37,39)(H,40,41). The van der Waals surface area contributed by atoms with Crippen molar-refractivity contribution >= 4 is 22.8 Å². The fourth-order valence-electron chi connectivity index (χ4n) is 6.37. The lowest BCUT2D eigenvalue weighted by molar-refractivity contribution is -0.155. The number of aromatic nitrogens is 1. The molecule has 0 aliphatic heterocycles. The van der Waals surface area contributed by atoms with Crippen molar-refractivity contribution in [3.8, 4) is 11.1 Å². The van der Waals surface area contributed by atoms with E-state index in [0.29, 0.717) is 47.7 Å². The van der Waals surface area contributed by atoms with Gasteiger partial charge in [-0.1, -0.05) is 12.1 Å². The number of aliphatic carboxylic acids is 1. The molecule has 41 heavy (non-hydrogen) atoms. The molecule has 2 saturated carbocycles. The highest BCUT2D eigenvalue weighted by Crippen LogP contribution is 2.58. The molecule has 0 saturated heterocycles. The van der Waals surface area contributed by atoms with Crippen LogP contribution in [0.4, 0.5) is 22.0 Å². The largest absolute Gasteiger partial charge is 0.481 e. The molecule has 10 heteroatoms. The number of hydrogen-bond acceptors (Lipinski definition) is 2. The molecule has 6 rings (SSSR count). The van der Waals surface area contributed by atoms with E-state index in [2.05, 4.69) is 5.32 Å². The van der Waals surface area contributed by atoms with Crippen LogP contribution in [-0.2, 0) is 17.5 Å². The second kappa shape index (κ2) is 9.71. The van der Waals surface area contributed by atoms with Crippen LogP contribution in [0.5, 0.6) is 0 Å². The number of alkyl halides is 3. The minimum absolute atomic E-state index is 0.0573. The summed E-state index contributed by atoms with van der Waals surface area (Å²) < 4.78 is 69.1. The SMILES string of the molecule is O=C(NC1CC2(C1)CC(C(=O)O)C2)c1cc(-c2ccc(F)cc2F)cc2ccn(Cc3ccc(C(F)(F)F)cc3)c12. The zero-order valence-corrected chi connectivity index (χ0v) is 21.6. The van der Waals surface area contributed by atoms with Gasteiger partial charge in [0.1, 0.15) is 11.6 Å². The van der Waals surface area contributed by atoms with Crippen molar-refractivity contribution in [2.45, 2.75) is 44.4 Å². The van der Waals surface area contributed by atoms with Crippen LogP contribution in [0.2, 0.25) is 0 Å². The van der Waals surface area contributed by atoms with E-state index in [9.17, 15) is 36.6 Å². The summed E-state index contributed by atoms with van der Waals surface area (Å²) >= 11 is 0. The second-order valence-electron chi connectivity index (χ2n) is 11.2. The highest BCUT2D eigenvalue weighted by molar-refractivity contribution is 6.08. The topological polar surface area (TPSA) is 71.3 Å². The zero-order valence-electron chi connectivity index (χ0n) is 21.6. The highest BCUT2D eigenvalue weighted by atomic mass is 19.4. The molecule has 2 N–H and O–H groups in total. The summed E-state index contributed by atoms with van der Waals surface area (Å²) in [6.45, 7) is 0.190. The molecule has 3 aromatic carbocycles. The van der Waals surface area contributed by atoms with Crippen molar-refractivity contribution in [3.05, 3.63) is 95.2 Å². The van der Waals surface area contributed by atoms with Crippen molar-refractivity contribution in [3.63, 3.8) is 0 Å². The van der Waals surface area contributed by atoms with Gasteiger partial charge in [-0.15, -0.1) is 0 Å². The number of carboxylic acid groups (broad SMARTS) is 1. The van der Waals surface area contributed by atoms with E-state index in [1.807, 2.05) is 0 Å². The first-order valence-corrected chi connectivity index (χ1v) is 13.2. The Morgan fingerprint density at radius 3 is 2.29 bits per heavy atom. The number of rotatable bonds is 6. The summed E-state index contributed by atoms with van der Waals surface area (Å²) in [6, 6.07) is 12.8. The summed E-state index contributed by atoms with van der Waals surface area (Å²) in [6.07, 6.45) is -0.218. The molecular formula is C31H25F5N2O3. The Kier molecular flexibility index (Phi) is 6.39. The molecule has 1 heterocycles. The van der Waals surface area contributed by atoms with Crippen molar-refractivity contribution in [2.75, 3.05) is 0 Å². The smallest absolute Gasteiger partial charge is 0.416 e. The number of nitrogens with zero attached hydrogens (tertiary/aromatic N) is 1. The third-order valence-electron chi connectivity index (χ3n) is 8.38. The first-order chi connectivity index (χ1) is 19.4. The number of carbonyl (C=O) groups is 2. The second-order valence-corrected chi connectivity index (χ2v) is 11.2. The molecule has 5 nitrogen and oxygen atoms in total. The van der Waals surface area contributed by atoms with E-state index in [0.717, 1.165) is 24.3 Å². The van der Waals surface area contributed by atoms with Gasteiger partial charge in [0.2, 0.25) is 0 Å². The van der Waals surface area contributed by atoms with Gasteiger partial charge in [0.15, 0.2) is 0 Å². The monoisotopic (exact) mass is 568 g/mol. The lowest BCUT2D eigenvalue weighted by Gasteiger charge is -2.56. The zero-order chi connectivity index (χ0) is 29.1. The molecule has 0 bridgehead atoms. The molecule has 2 fully saturated rings. The first kappa shape index (κ1) is 27.0. The fraction of sp³-hybridized carbons (Fsp3) is 0.290. The summed E-state index contributed by atoms with van der Waals surface area (Å²) in [5.74, 6) is -3.06. The predicted octanol–water partition coefficient (Wildman–Crippen LogP) is 7.03. The van der Waals surface area contributed by atoms with E-state index < -0.39 is 35.3 Å². The number of nitrogens with one attached hydrogen (secondary N) is 1.